The minimum atomic E-state index is -0.340. The maximum Gasteiger partial charge on any atom is 0.235 e. The zero-order valence-corrected chi connectivity index (χ0v) is 14.0. The Hall–Kier alpha value is -2.27. The highest BCUT2D eigenvalue weighted by Crippen LogP contribution is 2.44. The van der Waals surface area contributed by atoms with Gasteiger partial charge in [0.2, 0.25) is 5.91 Å². The average molecular weight is 322 g/mol. The lowest BCUT2D eigenvalue weighted by Crippen LogP contribution is -2.46. The lowest BCUT2D eigenvalue weighted by molar-refractivity contribution is -0.122. The van der Waals surface area contributed by atoms with Crippen molar-refractivity contribution in [1.82, 2.24) is 14.9 Å². The van der Waals surface area contributed by atoms with Gasteiger partial charge in [-0.05, 0) is 43.6 Å². The summed E-state index contributed by atoms with van der Waals surface area (Å²) in [5.74, 6) is 1.06. The lowest BCUT2D eigenvalue weighted by atomic mass is 9.73. The van der Waals surface area contributed by atoms with Crippen molar-refractivity contribution in [3.8, 4) is 0 Å². The highest BCUT2D eigenvalue weighted by atomic mass is 16.2. The lowest BCUT2D eigenvalue weighted by Gasteiger charge is -2.37. The van der Waals surface area contributed by atoms with Crippen LogP contribution in [0.25, 0.3) is 0 Å². The van der Waals surface area contributed by atoms with Crippen molar-refractivity contribution in [2.24, 2.45) is 0 Å². The van der Waals surface area contributed by atoms with E-state index in [4.69, 9.17) is 0 Å². The highest BCUT2D eigenvalue weighted by Gasteiger charge is 2.48. The number of carbonyl (C=O) groups excluding carboxylic acids is 1. The molecule has 1 aromatic carbocycles. The van der Waals surface area contributed by atoms with E-state index in [1.807, 2.05) is 30.5 Å². The van der Waals surface area contributed by atoms with E-state index in [0.717, 1.165) is 56.1 Å². The van der Waals surface area contributed by atoms with E-state index in [1.165, 1.54) is 5.56 Å². The molecule has 1 spiro atoms. The van der Waals surface area contributed by atoms with Crippen LogP contribution in [-0.2, 0) is 23.2 Å². The van der Waals surface area contributed by atoms with Gasteiger partial charge in [-0.1, -0.05) is 25.1 Å². The van der Waals surface area contributed by atoms with Crippen LogP contribution >= 0.6 is 0 Å². The molecule has 2 aliphatic rings. The largest absolute Gasteiger partial charge is 0.325 e. The molecule has 3 heterocycles. The van der Waals surface area contributed by atoms with E-state index >= 15 is 0 Å². The van der Waals surface area contributed by atoms with E-state index in [9.17, 15) is 4.79 Å². The summed E-state index contributed by atoms with van der Waals surface area (Å²) in [6.45, 7) is 4.72. The first-order valence-corrected chi connectivity index (χ1v) is 8.65. The number of nitrogens with one attached hydrogen (secondary N) is 1. The predicted octanol–water partition coefficient (Wildman–Crippen LogP) is 2.52. The molecule has 1 N–H and O–H groups in total. The number of hydrogen-bond acceptors (Lipinski definition) is 4. The predicted molar refractivity (Wildman–Crippen MR) is 92.7 cm³/mol. The van der Waals surface area contributed by atoms with Crippen molar-refractivity contribution in [2.75, 3.05) is 18.4 Å². The number of benzene rings is 1. The summed E-state index contributed by atoms with van der Waals surface area (Å²) in [7, 11) is 0. The van der Waals surface area contributed by atoms with Crippen LogP contribution in [0.15, 0.2) is 36.5 Å². The van der Waals surface area contributed by atoms with E-state index in [-0.39, 0.29) is 11.3 Å². The molecule has 1 saturated heterocycles. The van der Waals surface area contributed by atoms with Crippen molar-refractivity contribution in [3.05, 3.63) is 53.6 Å². The van der Waals surface area contributed by atoms with Crippen LogP contribution in [-0.4, -0.2) is 33.9 Å². The standard InChI is InChI=1S/C19H22N4O/c1-2-17-20-10-7-14(21-17)13-23-11-8-19(9-12-23)15-5-3-4-6-16(15)22-18(19)24/h3-7,10H,2,8-9,11-13H2,1H3,(H,22,24). The number of hydrogen-bond donors (Lipinski definition) is 1. The first-order chi connectivity index (χ1) is 11.7. The second-order valence-corrected chi connectivity index (χ2v) is 6.68. The third-order valence-electron chi connectivity index (χ3n) is 5.30. The van der Waals surface area contributed by atoms with Gasteiger partial charge in [0.25, 0.3) is 0 Å². The van der Waals surface area contributed by atoms with Crippen LogP contribution < -0.4 is 5.32 Å². The molecule has 5 heteroatoms. The van der Waals surface area contributed by atoms with Gasteiger partial charge in [-0.3, -0.25) is 9.69 Å². The second-order valence-electron chi connectivity index (χ2n) is 6.68. The van der Waals surface area contributed by atoms with Crippen molar-refractivity contribution in [1.29, 1.82) is 0 Å². The van der Waals surface area contributed by atoms with E-state index in [2.05, 4.69) is 33.2 Å². The Labute approximate surface area is 142 Å². The SMILES string of the molecule is CCc1nccc(CN2CCC3(CC2)C(=O)Nc2ccccc23)n1. The molecule has 1 aromatic heterocycles. The minimum absolute atomic E-state index is 0.165. The molecule has 0 bridgehead atoms. The van der Waals surface area contributed by atoms with Gasteiger partial charge in [0.1, 0.15) is 5.82 Å². The van der Waals surface area contributed by atoms with Gasteiger partial charge in [0.15, 0.2) is 0 Å². The fourth-order valence-electron chi connectivity index (χ4n) is 3.89. The molecular weight excluding hydrogens is 300 g/mol. The summed E-state index contributed by atoms with van der Waals surface area (Å²) < 4.78 is 0. The number of rotatable bonds is 3. The summed E-state index contributed by atoms with van der Waals surface area (Å²) in [4.78, 5) is 23.9. The van der Waals surface area contributed by atoms with Crippen molar-refractivity contribution in [3.63, 3.8) is 0 Å². The molecule has 5 nitrogen and oxygen atoms in total. The topological polar surface area (TPSA) is 58.1 Å². The number of anilines is 1. The molecular formula is C19H22N4O. The summed E-state index contributed by atoms with van der Waals surface area (Å²) in [6, 6.07) is 10.1. The summed E-state index contributed by atoms with van der Waals surface area (Å²) in [5, 5.41) is 3.06. The fourth-order valence-corrected chi connectivity index (χ4v) is 3.89. The van der Waals surface area contributed by atoms with Gasteiger partial charge in [-0.25, -0.2) is 9.97 Å². The van der Waals surface area contributed by atoms with E-state index in [0.29, 0.717) is 0 Å². The maximum atomic E-state index is 12.6. The molecule has 2 aliphatic heterocycles. The number of likely N-dealkylation sites (tertiary alicyclic amines) is 1. The normalized spacial score (nSPS) is 19.3. The Morgan fingerprint density at radius 1 is 1.21 bits per heavy atom. The van der Waals surface area contributed by atoms with Gasteiger partial charge in [0, 0.05) is 24.8 Å². The Balaban J connectivity index is 1.48. The fraction of sp³-hybridized carbons (Fsp3) is 0.421. The third-order valence-corrected chi connectivity index (χ3v) is 5.30. The van der Waals surface area contributed by atoms with Crippen molar-refractivity contribution < 1.29 is 4.79 Å². The highest BCUT2D eigenvalue weighted by molar-refractivity contribution is 6.06. The Bertz CT molecular complexity index is 765. The zero-order chi connectivity index (χ0) is 16.6. The van der Waals surface area contributed by atoms with Gasteiger partial charge >= 0.3 is 0 Å². The smallest absolute Gasteiger partial charge is 0.235 e. The number of carbonyl (C=O) groups is 1. The summed E-state index contributed by atoms with van der Waals surface area (Å²) in [6.07, 6.45) is 4.42. The molecule has 0 unspecified atom stereocenters. The molecule has 2 aromatic rings. The van der Waals surface area contributed by atoms with Crippen LogP contribution in [0.5, 0.6) is 0 Å². The Morgan fingerprint density at radius 3 is 2.79 bits per heavy atom. The second kappa shape index (κ2) is 5.98. The van der Waals surface area contributed by atoms with E-state index in [1.54, 1.807) is 0 Å². The zero-order valence-electron chi connectivity index (χ0n) is 14.0. The molecule has 0 aliphatic carbocycles. The number of fused-ring (bicyclic) bond motifs is 2. The first-order valence-electron chi connectivity index (χ1n) is 8.65. The molecule has 0 radical (unpaired) electrons. The van der Waals surface area contributed by atoms with Crippen LogP contribution in [0.1, 0.15) is 36.8 Å². The molecule has 0 atom stereocenters. The van der Waals surface area contributed by atoms with Gasteiger partial charge in [-0.15, -0.1) is 0 Å². The third kappa shape index (κ3) is 2.49. The number of para-hydroxylation sites is 1. The molecule has 124 valence electrons. The Morgan fingerprint density at radius 2 is 2.00 bits per heavy atom. The van der Waals surface area contributed by atoms with Crippen LogP contribution in [0.3, 0.4) is 0 Å². The number of piperidine rings is 1. The van der Waals surface area contributed by atoms with Crippen molar-refractivity contribution in [2.45, 2.75) is 38.1 Å². The molecule has 1 amide bonds. The maximum absolute atomic E-state index is 12.6. The molecule has 0 saturated carbocycles. The molecule has 24 heavy (non-hydrogen) atoms. The van der Waals surface area contributed by atoms with Crippen molar-refractivity contribution >= 4 is 11.6 Å². The van der Waals surface area contributed by atoms with Gasteiger partial charge < -0.3 is 5.32 Å². The Kier molecular flexibility index (Phi) is 3.81. The number of aromatic nitrogens is 2. The quantitative estimate of drug-likeness (QED) is 0.943. The minimum Gasteiger partial charge on any atom is -0.325 e. The molecule has 4 rings (SSSR count). The average Bonchev–Trinajstić information content (AvgIpc) is 2.89. The number of aryl methyl sites for hydroxylation is 1. The molecule has 1 fully saturated rings. The van der Waals surface area contributed by atoms with Gasteiger partial charge in [0.05, 0.1) is 11.1 Å². The van der Waals surface area contributed by atoms with E-state index < -0.39 is 0 Å². The van der Waals surface area contributed by atoms with Crippen LogP contribution in [0, 0.1) is 0 Å². The monoisotopic (exact) mass is 322 g/mol. The number of nitrogens with zero attached hydrogens (tertiary/aromatic N) is 3. The van der Waals surface area contributed by atoms with Gasteiger partial charge in [-0.2, -0.15) is 0 Å². The summed E-state index contributed by atoms with van der Waals surface area (Å²) >= 11 is 0. The summed E-state index contributed by atoms with van der Waals surface area (Å²) in [5.41, 5.74) is 2.88. The number of amides is 1. The van der Waals surface area contributed by atoms with Crippen LogP contribution in [0.2, 0.25) is 0 Å². The van der Waals surface area contributed by atoms with Crippen LogP contribution in [0.4, 0.5) is 5.69 Å². The first kappa shape index (κ1) is 15.3.